The number of hydrogen-bond donors (Lipinski definition) is 1. The number of hydrogen-bond acceptors (Lipinski definition) is 4. The van der Waals surface area contributed by atoms with Crippen molar-refractivity contribution in [2.24, 2.45) is 0 Å². The monoisotopic (exact) mass is 296 g/mol. The van der Waals surface area contributed by atoms with Crippen molar-refractivity contribution >= 4 is 11.9 Å². The van der Waals surface area contributed by atoms with Crippen LogP contribution >= 0.6 is 0 Å². The minimum absolute atomic E-state index is 0.0172. The number of carboxylic acids is 1. The van der Waals surface area contributed by atoms with E-state index in [9.17, 15) is 9.59 Å². The molecule has 3 saturated heterocycles. The molecule has 3 rings (SSSR count). The predicted octanol–water partition coefficient (Wildman–Crippen LogP) is 0.704. The van der Waals surface area contributed by atoms with Crippen molar-refractivity contribution in [1.82, 2.24) is 9.80 Å². The highest BCUT2D eigenvalue weighted by atomic mass is 16.5. The van der Waals surface area contributed by atoms with Crippen molar-refractivity contribution in [1.29, 1.82) is 0 Å². The molecule has 0 aromatic heterocycles. The first-order valence-electron chi connectivity index (χ1n) is 7.99. The number of ether oxygens (including phenoxy) is 1. The molecule has 3 aliphatic heterocycles. The molecule has 0 aromatic carbocycles. The molecule has 0 aromatic rings. The average Bonchev–Trinajstić information content (AvgIpc) is 2.96. The second-order valence-corrected chi connectivity index (χ2v) is 6.51. The van der Waals surface area contributed by atoms with Gasteiger partial charge in [-0.05, 0) is 39.2 Å². The Balaban J connectivity index is 1.63. The van der Waals surface area contributed by atoms with Gasteiger partial charge in [-0.2, -0.15) is 0 Å². The topological polar surface area (TPSA) is 70.1 Å². The van der Waals surface area contributed by atoms with Gasteiger partial charge in [-0.1, -0.05) is 6.42 Å². The zero-order chi connectivity index (χ0) is 15.0. The molecule has 6 heteroatoms. The van der Waals surface area contributed by atoms with E-state index in [1.165, 1.54) is 12.8 Å². The minimum atomic E-state index is -0.963. The number of aliphatic carboxylic acids is 1. The fraction of sp³-hybridized carbons (Fsp3) is 0.867. The van der Waals surface area contributed by atoms with Crippen molar-refractivity contribution in [2.45, 2.75) is 63.3 Å². The lowest BCUT2D eigenvalue weighted by Gasteiger charge is -2.48. The highest BCUT2D eigenvalue weighted by Gasteiger charge is 2.41. The molecule has 118 valence electrons. The Labute approximate surface area is 125 Å². The second-order valence-electron chi connectivity index (χ2n) is 6.51. The summed E-state index contributed by atoms with van der Waals surface area (Å²) in [4.78, 5) is 28.0. The van der Waals surface area contributed by atoms with Crippen molar-refractivity contribution in [3.05, 3.63) is 0 Å². The Hall–Kier alpha value is -1.14. The molecule has 3 aliphatic rings. The van der Waals surface area contributed by atoms with E-state index in [1.54, 1.807) is 0 Å². The van der Waals surface area contributed by atoms with E-state index in [1.807, 2.05) is 4.90 Å². The predicted molar refractivity (Wildman–Crippen MR) is 75.9 cm³/mol. The summed E-state index contributed by atoms with van der Waals surface area (Å²) in [6, 6.07) is 0.648. The molecule has 1 amide bonds. The van der Waals surface area contributed by atoms with Crippen LogP contribution in [-0.4, -0.2) is 70.7 Å². The fourth-order valence-electron chi connectivity index (χ4n) is 3.84. The van der Waals surface area contributed by atoms with Crippen LogP contribution in [-0.2, 0) is 14.3 Å². The molecule has 0 spiro atoms. The first kappa shape index (κ1) is 14.8. The van der Waals surface area contributed by atoms with Crippen LogP contribution in [0.1, 0.15) is 39.0 Å². The van der Waals surface area contributed by atoms with E-state index >= 15 is 0 Å². The van der Waals surface area contributed by atoms with Crippen LogP contribution in [0.25, 0.3) is 0 Å². The van der Waals surface area contributed by atoms with Crippen LogP contribution in [0.5, 0.6) is 0 Å². The molecule has 1 N–H and O–H groups in total. The van der Waals surface area contributed by atoms with Crippen molar-refractivity contribution in [3.63, 3.8) is 0 Å². The van der Waals surface area contributed by atoms with Gasteiger partial charge in [0.2, 0.25) is 0 Å². The molecule has 0 radical (unpaired) electrons. The van der Waals surface area contributed by atoms with Crippen molar-refractivity contribution in [3.8, 4) is 0 Å². The van der Waals surface area contributed by atoms with E-state index in [-0.39, 0.29) is 11.9 Å². The first-order valence-corrected chi connectivity index (χ1v) is 7.99. The standard InChI is InChI=1S/C15H24N2O4/c1-10-8-16-7-3-2-4-11(16)9-17(10)14(18)12-5-6-13(21-12)15(19)20/h10-13H,2-9H2,1H3,(H,19,20)/t10?,11?,12-,13+/m0/s1. The van der Waals surface area contributed by atoms with Gasteiger partial charge in [0.1, 0.15) is 6.10 Å². The van der Waals surface area contributed by atoms with Gasteiger partial charge in [0.05, 0.1) is 0 Å². The van der Waals surface area contributed by atoms with E-state index in [2.05, 4.69) is 11.8 Å². The third kappa shape index (κ3) is 2.92. The zero-order valence-electron chi connectivity index (χ0n) is 12.5. The van der Waals surface area contributed by atoms with Gasteiger partial charge >= 0.3 is 5.97 Å². The smallest absolute Gasteiger partial charge is 0.332 e. The van der Waals surface area contributed by atoms with Gasteiger partial charge in [0, 0.05) is 25.2 Å². The number of amides is 1. The number of carbonyl (C=O) groups is 2. The molecule has 0 saturated carbocycles. The number of carboxylic acid groups (broad SMARTS) is 1. The molecule has 0 bridgehead atoms. The van der Waals surface area contributed by atoms with Crippen LogP contribution in [0.15, 0.2) is 0 Å². The second kappa shape index (κ2) is 5.93. The summed E-state index contributed by atoms with van der Waals surface area (Å²) >= 11 is 0. The third-order valence-electron chi connectivity index (χ3n) is 5.04. The molecule has 3 heterocycles. The normalized spacial score (nSPS) is 37.3. The Morgan fingerprint density at radius 2 is 1.86 bits per heavy atom. The highest BCUT2D eigenvalue weighted by molar-refractivity contribution is 5.83. The summed E-state index contributed by atoms with van der Waals surface area (Å²) < 4.78 is 5.42. The van der Waals surface area contributed by atoms with E-state index in [4.69, 9.17) is 9.84 Å². The molecule has 2 unspecified atom stereocenters. The summed E-state index contributed by atoms with van der Waals surface area (Å²) in [6.45, 7) is 4.90. The summed E-state index contributed by atoms with van der Waals surface area (Å²) in [6.07, 6.45) is 3.22. The lowest BCUT2D eigenvalue weighted by molar-refractivity contribution is -0.157. The Morgan fingerprint density at radius 1 is 1.10 bits per heavy atom. The van der Waals surface area contributed by atoms with Crippen LogP contribution in [0.2, 0.25) is 0 Å². The van der Waals surface area contributed by atoms with Gasteiger partial charge in [-0.25, -0.2) is 4.79 Å². The largest absolute Gasteiger partial charge is 0.479 e. The number of fused-ring (bicyclic) bond motifs is 1. The average molecular weight is 296 g/mol. The van der Waals surface area contributed by atoms with Gasteiger partial charge < -0.3 is 14.7 Å². The number of piperazine rings is 1. The molecule has 3 fully saturated rings. The first-order chi connectivity index (χ1) is 10.1. The summed E-state index contributed by atoms with van der Waals surface area (Å²) in [5, 5.41) is 8.97. The van der Waals surface area contributed by atoms with Crippen molar-refractivity contribution in [2.75, 3.05) is 19.6 Å². The zero-order valence-corrected chi connectivity index (χ0v) is 12.5. The number of piperidine rings is 1. The number of rotatable bonds is 2. The Kier molecular flexibility index (Phi) is 4.17. The Bertz CT molecular complexity index is 428. The van der Waals surface area contributed by atoms with Gasteiger partial charge in [-0.3, -0.25) is 9.69 Å². The van der Waals surface area contributed by atoms with E-state index in [0.29, 0.717) is 18.9 Å². The van der Waals surface area contributed by atoms with Crippen LogP contribution in [0, 0.1) is 0 Å². The summed E-state index contributed by atoms with van der Waals surface area (Å²) in [5.41, 5.74) is 0. The number of carbonyl (C=O) groups excluding carboxylic acids is 1. The Morgan fingerprint density at radius 3 is 2.57 bits per heavy atom. The lowest BCUT2D eigenvalue weighted by Crippen LogP contribution is -2.61. The maximum Gasteiger partial charge on any atom is 0.332 e. The third-order valence-corrected chi connectivity index (χ3v) is 5.04. The van der Waals surface area contributed by atoms with Crippen molar-refractivity contribution < 1.29 is 19.4 Å². The van der Waals surface area contributed by atoms with Gasteiger partial charge in [0.25, 0.3) is 5.91 Å². The van der Waals surface area contributed by atoms with Crippen LogP contribution < -0.4 is 0 Å². The fourth-order valence-corrected chi connectivity index (χ4v) is 3.84. The van der Waals surface area contributed by atoms with Crippen LogP contribution in [0.4, 0.5) is 0 Å². The van der Waals surface area contributed by atoms with Crippen LogP contribution in [0.3, 0.4) is 0 Å². The van der Waals surface area contributed by atoms with E-state index < -0.39 is 18.2 Å². The summed E-state index contributed by atoms with van der Waals surface area (Å²) in [7, 11) is 0. The summed E-state index contributed by atoms with van der Waals surface area (Å²) in [5.74, 6) is -0.980. The highest BCUT2D eigenvalue weighted by Crippen LogP contribution is 2.27. The molecule has 4 atom stereocenters. The molecular weight excluding hydrogens is 272 g/mol. The molecule has 21 heavy (non-hydrogen) atoms. The molecule has 0 aliphatic carbocycles. The maximum atomic E-state index is 12.6. The SMILES string of the molecule is CC1CN2CCCCC2CN1C(=O)[C@@H]1CC[C@H](C(=O)O)O1. The molecule has 6 nitrogen and oxygen atoms in total. The van der Waals surface area contributed by atoms with Gasteiger partial charge in [-0.15, -0.1) is 0 Å². The quantitative estimate of drug-likeness (QED) is 0.812. The van der Waals surface area contributed by atoms with Gasteiger partial charge in [0.15, 0.2) is 6.10 Å². The van der Waals surface area contributed by atoms with E-state index in [0.717, 1.165) is 26.1 Å². The molecular formula is C15H24N2O4. The maximum absolute atomic E-state index is 12.6. The minimum Gasteiger partial charge on any atom is -0.479 e. The number of nitrogens with zero attached hydrogens (tertiary/aromatic N) is 2. The lowest BCUT2D eigenvalue weighted by atomic mass is 9.96.